The molecule has 0 aliphatic carbocycles. The van der Waals surface area contributed by atoms with Gasteiger partial charge in [-0.25, -0.2) is 0 Å². The van der Waals surface area contributed by atoms with Gasteiger partial charge >= 0.3 is 0 Å². The van der Waals surface area contributed by atoms with Crippen molar-refractivity contribution in [3.05, 3.63) is 0 Å². The first-order valence-electron chi connectivity index (χ1n) is 8.93. The summed E-state index contributed by atoms with van der Waals surface area (Å²) in [5.41, 5.74) is 0. The van der Waals surface area contributed by atoms with E-state index in [0.717, 1.165) is 13.2 Å². The van der Waals surface area contributed by atoms with Gasteiger partial charge in [-0.05, 0) is 42.7 Å². The highest BCUT2D eigenvalue weighted by Gasteiger charge is 2.67. The minimum atomic E-state index is -0.340. The summed E-state index contributed by atoms with van der Waals surface area (Å²) < 4.78 is 12.7. The molecule has 2 saturated heterocycles. The zero-order chi connectivity index (χ0) is 15.9. The second kappa shape index (κ2) is 6.10. The van der Waals surface area contributed by atoms with Gasteiger partial charge < -0.3 is 9.47 Å². The lowest BCUT2D eigenvalue weighted by Gasteiger charge is -2.65. The van der Waals surface area contributed by atoms with Gasteiger partial charge in [-0.3, -0.25) is 0 Å². The first-order valence-corrected chi connectivity index (χ1v) is 10.7. The summed E-state index contributed by atoms with van der Waals surface area (Å²) in [7, 11) is -0.0682. The standard InChI is InChI=1S/C18H35O2P/c1-8-16(9-2)14(5)18(19-12-13-20-18)15(6)17(10-3,11-4)21(16)7/h14-15H,8-13H2,1-7H3. The third-order valence-electron chi connectivity index (χ3n) is 7.34. The molecule has 3 heteroatoms. The van der Waals surface area contributed by atoms with Gasteiger partial charge in [0.15, 0.2) is 5.79 Å². The van der Waals surface area contributed by atoms with E-state index in [2.05, 4.69) is 48.2 Å². The summed E-state index contributed by atoms with van der Waals surface area (Å²) >= 11 is 0. The van der Waals surface area contributed by atoms with E-state index in [-0.39, 0.29) is 13.7 Å². The topological polar surface area (TPSA) is 18.5 Å². The molecule has 124 valence electrons. The predicted molar refractivity (Wildman–Crippen MR) is 92.4 cm³/mol. The molecule has 0 amide bonds. The Hall–Kier alpha value is 0.350. The van der Waals surface area contributed by atoms with Gasteiger partial charge in [0, 0.05) is 11.8 Å². The molecule has 0 N–H and O–H groups in total. The van der Waals surface area contributed by atoms with E-state index in [1.165, 1.54) is 25.7 Å². The molecule has 0 aromatic carbocycles. The van der Waals surface area contributed by atoms with Crippen LogP contribution in [0, 0.1) is 11.8 Å². The number of ether oxygens (including phenoxy) is 2. The van der Waals surface area contributed by atoms with Gasteiger partial charge in [0.1, 0.15) is 0 Å². The van der Waals surface area contributed by atoms with Crippen LogP contribution in [0.1, 0.15) is 67.2 Å². The zero-order valence-electron chi connectivity index (χ0n) is 15.2. The molecule has 2 fully saturated rings. The van der Waals surface area contributed by atoms with Crippen molar-refractivity contribution in [1.82, 2.24) is 0 Å². The molecule has 0 bridgehead atoms. The minimum Gasteiger partial charge on any atom is -0.347 e. The molecule has 0 saturated carbocycles. The first-order chi connectivity index (χ1) is 9.91. The molecule has 0 radical (unpaired) electrons. The third-order valence-corrected chi connectivity index (χ3v) is 12.1. The molecule has 1 spiro atoms. The SMILES string of the molecule is CCC1(CC)C(C)C2(OCCO2)C(C)C(CC)(CC)P1C. The van der Waals surface area contributed by atoms with Crippen molar-refractivity contribution in [3.63, 3.8) is 0 Å². The highest BCUT2D eigenvalue weighted by atomic mass is 31.1. The van der Waals surface area contributed by atoms with Crippen molar-refractivity contribution in [1.29, 1.82) is 0 Å². The van der Waals surface area contributed by atoms with E-state index in [1.54, 1.807) is 0 Å². The summed E-state index contributed by atoms with van der Waals surface area (Å²) in [5, 5.41) is 0.774. The van der Waals surface area contributed by atoms with Crippen molar-refractivity contribution in [3.8, 4) is 0 Å². The molecule has 2 unspecified atom stereocenters. The van der Waals surface area contributed by atoms with Crippen molar-refractivity contribution in [2.75, 3.05) is 19.9 Å². The third kappa shape index (κ3) is 2.08. The van der Waals surface area contributed by atoms with E-state index < -0.39 is 0 Å². The fourth-order valence-corrected chi connectivity index (χ4v) is 10.1. The summed E-state index contributed by atoms with van der Waals surface area (Å²) in [6.45, 7) is 18.4. The van der Waals surface area contributed by atoms with Crippen LogP contribution < -0.4 is 0 Å². The minimum absolute atomic E-state index is 0.0682. The first kappa shape index (κ1) is 17.7. The van der Waals surface area contributed by atoms with E-state index in [9.17, 15) is 0 Å². The van der Waals surface area contributed by atoms with Crippen molar-refractivity contribution in [2.45, 2.75) is 83.3 Å². The van der Waals surface area contributed by atoms with E-state index in [0.29, 0.717) is 22.1 Å². The van der Waals surface area contributed by atoms with Crippen molar-refractivity contribution in [2.24, 2.45) is 11.8 Å². The second-order valence-electron chi connectivity index (χ2n) is 7.04. The lowest BCUT2D eigenvalue weighted by atomic mass is 9.70. The van der Waals surface area contributed by atoms with Crippen LogP contribution in [-0.2, 0) is 9.47 Å². The van der Waals surface area contributed by atoms with Crippen LogP contribution in [0.4, 0.5) is 0 Å². The Balaban J connectivity index is 2.60. The molecule has 2 aliphatic heterocycles. The van der Waals surface area contributed by atoms with Gasteiger partial charge in [-0.1, -0.05) is 49.5 Å². The Bertz CT molecular complexity index is 303. The Labute approximate surface area is 133 Å². The van der Waals surface area contributed by atoms with E-state index in [4.69, 9.17) is 9.47 Å². The average Bonchev–Trinajstić information content (AvgIpc) is 3.00. The highest BCUT2D eigenvalue weighted by Crippen LogP contribution is 2.74. The van der Waals surface area contributed by atoms with Gasteiger partial charge in [0.2, 0.25) is 0 Å². The van der Waals surface area contributed by atoms with Gasteiger partial charge in [-0.15, -0.1) is 0 Å². The highest BCUT2D eigenvalue weighted by molar-refractivity contribution is 7.60. The molecule has 2 aliphatic rings. The molecule has 2 nitrogen and oxygen atoms in total. The maximum atomic E-state index is 6.36. The van der Waals surface area contributed by atoms with Crippen LogP contribution in [0.15, 0.2) is 0 Å². The number of rotatable bonds is 4. The quantitative estimate of drug-likeness (QED) is 0.660. The summed E-state index contributed by atoms with van der Waals surface area (Å²) in [4.78, 5) is 0. The maximum Gasteiger partial charge on any atom is 0.175 e. The average molecular weight is 314 g/mol. The summed E-state index contributed by atoms with van der Waals surface area (Å²) in [5.74, 6) is 0.632. The molecule has 21 heavy (non-hydrogen) atoms. The molecular weight excluding hydrogens is 279 g/mol. The number of hydrogen-bond acceptors (Lipinski definition) is 2. The molecule has 0 aromatic rings. The lowest BCUT2D eigenvalue weighted by molar-refractivity contribution is -0.245. The molecule has 2 atom stereocenters. The maximum absolute atomic E-state index is 6.36. The van der Waals surface area contributed by atoms with Crippen LogP contribution >= 0.6 is 7.92 Å². The van der Waals surface area contributed by atoms with E-state index in [1.807, 2.05) is 0 Å². The normalized spacial score (nSPS) is 37.0. The predicted octanol–water partition coefficient (Wildman–Crippen LogP) is 5.24. The van der Waals surface area contributed by atoms with E-state index >= 15 is 0 Å². The second-order valence-corrected chi connectivity index (χ2v) is 9.94. The van der Waals surface area contributed by atoms with Crippen LogP contribution in [0.5, 0.6) is 0 Å². The smallest absolute Gasteiger partial charge is 0.175 e. The van der Waals surface area contributed by atoms with Crippen LogP contribution in [-0.4, -0.2) is 36.0 Å². The van der Waals surface area contributed by atoms with Crippen LogP contribution in [0.2, 0.25) is 0 Å². The fourth-order valence-electron chi connectivity index (χ4n) is 5.77. The Morgan fingerprint density at radius 2 is 1.14 bits per heavy atom. The Morgan fingerprint density at radius 1 is 0.810 bits per heavy atom. The number of hydrogen-bond donors (Lipinski definition) is 0. The van der Waals surface area contributed by atoms with Gasteiger partial charge in [0.05, 0.1) is 13.2 Å². The van der Waals surface area contributed by atoms with Gasteiger partial charge in [0.25, 0.3) is 0 Å². The summed E-state index contributed by atoms with van der Waals surface area (Å²) in [6.07, 6.45) is 4.98. The van der Waals surface area contributed by atoms with Crippen LogP contribution in [0.25, 0.3) is 0 Å². The Morgan fingerprint density at radius 3 is 1.43 bits per heavy atom. The lowest BCUT2D eigenvalue weighted by Crippen LogP contribution is -2.65. The van der Waals surface area contributed by atoms with Crippen molar-refractivity contribution >= 4 is 7.92 Å². The van der Waals surface area contributed by atoms with Gasteiger partial charge in [-0.2, -0.15) is 0 Å². The largest absolute Gasteiger partial charge is 0.347 e. The molecular formula is C18H35O2P. The molecule has 2 heterocycles. The molecule has 2 rings (SSSR count). The van der Waals surface area contributed by atoms with Crippen molar-refractivity contribution < 1.29 is 9.47 Å². The zero-order valence-corrected chi connectivity index (χ0v) is 16.1. The fraction of sp³-hybridized carbons (Fsp3) is 1.00. The summed E-state index contributed by atoms with van der Waals surface area (Å²) in [6, 6.07) is 0. The Kier molecular flexibility index (Phi) is 5.14. The molecule has 0 aromatic heterocycles. The van der Waals surface area contributed by atoms with Crippen LogP contribution in [0.3, 0.4) is 0 Å². The monoisotopic (exact) mass is 314 g/mol.